The highest BCUT2D eigenvalue weighted by Crippen LogP contribution is 2.32. The van der Waals surface area contributed by atoms with E-state index in [1.54, 1.807) is 6.92 Å². The Hall–Kier alpha value is -0.160. The predicted octanol–water partition coefficient (Wildman–Crippen LogP) is -0.0779. The average molecular weight is 190 g/mol. The van der Waals surface area contributed by atoms with E-state index in [2.05, 4.69) is 0 Å². The maximum atomic E-state index is 9.80. The Balaban J connectivity index is 2.68. The molecule has 3 unspecified atom stereocenters. The fourth-order valence-corrected chi connectivity index (χ4v) is 1.72. The zero-order valence-corrected chi connectivity index (χ0v) is 8.36. The van der Waals surface area contributed by atoms with Gasteiger partial charge in [0.2, 0.25) is 0 Å². The highest BCUT2D eigenvalue weighted by molar-refractivity contribution is 4.98. The highest BCUT2D eigenvalue weighted by Gasteiger charge is 2.50. The molecule has 0 bridgehead atoms. The Bertz CT molecular complexity index is 173. The van der Waals surface area contributed by atoms with E-state index in [1.165, 1.54) is 0 Å². The lowest BCUT2D eigenvalue weighted by atomic mass is 9.98. The van der Waals surface area contributed by atoms with Crippen LogP contribution in [0.4, 0.5) is 0 Å². The van der Waals surface area contributed by atoms with Crippen LogP contribution in [0.15, 0.2) is 0 Å². The molecule has 0 aromatic heterocycles. The molecule has 0 amide bonds. The van der Waals surface area contributed by atoms with Gasteiger partial charge < -0.3 is 19.7 Å². The van der Waals surface area contributed by atoms with Crippen LogP contribution in [0.3, 0.4) is 0 Å². The Morgan fingerprint density at radius 3 is 2.54 bits per heavy atom. The molecule has 0 saturated carbocycles. The van der Waals surface area contributed by atoms with E-state index in [4.69, 9.17) is 14.6 Å². The summed E-state index contributed by atoms with van der Waals surface area (Å²) in [5.74, 6) is 0. The number of aliphatic hydroxyl groups is 2. The average Bonchev–Trinajstić information content (AvgIpc) is 2.31. The van der Waals surface area contributed by atoms with Gasteiger partial charge in [-0.15, -0.1) is 0 Å². The summed E-state index contributed by atoms with van der Waals surface area (Å²) in [7, 11) is 0. The summed E-state index contributed by atoms with van der Waals surface area (Å²) < 4.78 is 10.8. The van der Waals surface area contributed by atoms with Gasteiger partial charge in [-0.25, -0.2) is 0 Å². The van der Waals surface area contributed by atoms with E-state index in [0.29, 0.717) is 6.61 Å². The van der Waals surface area contributed by atoms with Gasteiger partial charge in [-0.2, -0.15) is 0 Å². The molecule has 1 aliphatic rings. The third-order valence-electron chi connectivity index (χ3n) is 2.53. The van der Waals surface area contributed by atoms with Crippen molar-refractivity contribution in [2.75, 3.05) is 13.2 Å². The van der Waals surface area contributed by atoms with E-state index in [-0.39, 0.29) is 18.8 Å². The second-order valence-electron chi connectivity index (χ2n) is 3.66. The molecule has 0 aromatic rings. The minimum absolute atomic E-state index is 0.174. The van der Waals surface area contributed by atoms with E-state index in [9.17, 15) is 5.11 Å². The quantitative estimate of drug-likeness (QED) is 0.653. The van der Waals surface area contributed by atoms with E-state index in [0.717, 1.165) is 0 Å². The first-order chi connectivity index (χ1) is 6.05. The third-order valence-corrected chi connectivity index (χ3v) is 2.53. The molecule has 1 aliphatic heterocycles. The first-order valence-corrected chi connectivity index (χ1v) is 4.63. The Morgan fingerprint density at radius 1 is 1.54 bits per heavy atom. The van der Waals surface area contributed by atoms with Crippen molar-refractivity contribution in [3.05, 3.63) is 0 Å². The second-order valence-corrected chi connectivity index (χ2v) is 3.66. The highest BCUT2D eigenvalue weighted by atomic mass is 16.6. The van der Waals surface area contributed by atoms with Crippen LogP contribution < -0.4 is 0 Å². The van der Waals surface area contributed by atoms with Gasteiger partial charge in [0.15, 0.2) is 0 Å². The van der Waals surface area contributed by atoms with Gasteiger partial charge in [0.1, 0.15) is 17.8 Å². The van der Waals surface area contributed by atoms with Crippen LogP contribution in [0.2, 0.25) is 0 Å². The van der Waals surface area contributed by atoms with E-state index >= 15 is 0 Å². The molecule has 1 fully saturated rings. The smallest absolute Gasteiger partial charge is 0.117 e. The van der Waals surface area contributed by atoms with Gasteiger partial charge in [0.25, 0.3) is 0 Å². The first kappa shape index (κ1) is 10.9. The van der Waals surface area contributed by atoms with Gasteiger partial charge in [0.05, 0.1) is 12.7 Å². The van der Waals surface area contributed by atoms with Crippen molar-refractivity contribution in [3.8, 4) is 0 Å². The summed E-state index contributed by atoms with van der Waals surface area (Å²) in [6.45, 7) is 5.74. The van der Waals surface area contributed by atoms with Crippen LogP contribution in [0.25, 0.3) is 0 Å². The number of hydrogen-bond acceptors (Lipinski definition) is 4. The normalized spacial score (nSPS) is 45.5. The molecule has 2 N–H and O–H groups in total. The van der Waals surface area contributed by atoms with Crippen LogP contribution in [0, 0.1) is 0 Å². The van der Waals surface area contributed by atoms with Crippen LogP contribution in [-0.2, 0) is 9.47 Å². The number of hydrogen-bond donors (Lipinski definition) is 2. The molecular formula is C9H18O4. The lowest BCUT2D eigenvalue weighted by molar-refractivity contribution is -0.0955. The zero-order valence-electron chi connectivity index (χ0n) is 8.36. The standard InChI is InChI=1S/C9H18O4/c1-4-12-7-6(2)13-9(3,5-10)8(7)11/h6-8,10-11H,4-5H2,1-3H3/t6?,7-,8?,9?/m1/s1. The van der Waals surface area contributed by atoms with Gasteiger partial charge >= 0.3 is 0 Å². The molecule has 0 radical (unpaired) electrons. The van der Waals surface area contributed by atoms with Crippen LogP contribution in [0.5, 0.6) is 0 Å². The van der Waals surface area contributed by atoms with Crippen molar-refractivity contribution in [2.24, 2.45) is 0 Å². The number of rotatable bonds is 3. The maximum Gasteiger partial charge on any atom is 0.117 e. The summed E-state index contributed by atoms with van der Waals surface area (Å²) >= 11 is 0. The second kappa shape index (κ2) is 3.92. The van der Waals surface area contributed by atoms with E-state index in [1.807, 2.05) is 13.8 Å². The summed E-state index contributed by atoms with van der Waals surface area (Å²) in [5, 5.41) is 18.9. The number of aliphatic hydroxyl groups excluding tert-OH is 2. The fourth-order valence-electron chi connectivity index (χ4n) is 1.72. The third kappa shape index (κ3) is 1.86. The minimum atomic E-state index is -0.876. The van der Waals surface area contributed by atoms with Gasteiger partial charge in [0, 0.05) is 6.61 Å². The molecular weight excluding hydrogens is 172 g/mol. The Morgan fingerprint density at radius 2 is 2.15 bits per heavy atom. The van der Waals surface area contributed by atoms with Crippen molar-refractivity contribution in [1.82, 2.24) is 0 Å². The van der Waals surface area contributed by atoms with Gasteiger partial charge in [-0.05, 0) is 20.8 Å². The van der Waals surface area contributed by atoms with Crippen LogP contribution in [0.1, 0.15) is 20.8 Å². The van der Waals surface area contributed by atoms with Crippen LogP contribution >= 0.6 is 0 Å². The molecule has 78 valence electrons. The molecule has 1 heterocycles. The lowest BCUT2D eigenvalue weighted by Gasteiger charge is -2.25. The van der Waals surface area contributed by atoms with Crippen molar-refractivity contribution in [1.29, 1.82) is 0 Å². The lowest BCUT2D eigenvalue weighted by Crippen LogP contribution is -2.44. The Kier molecular flexibility index (Phi) is 3.29. The first-order valence-electron chi connectivity index (χ1n) is 4.63. The molecule has 0 aliphatic carbocycles. The molecule has 0 spiro atoms. The zero-order chi connectivity index (χ0) is 10.1. The summed E-state index contributed by atoms with van der Waals surface area (Å²) in [6.07, 6.45) is -1.26. The molecule has 0 aromatic carbocycles. The molecule has 13 heavy (non-hydrogen) atoms. The topological polar surface area (TPSA) is 58.9 Å². The number of ether oxygens (including phenoxy) is 2. The SMILES string of the molecule is CCO[C@@H]1C(C)OC(C)(CO)C1O. The van der Waals surface area contributed by atoms with Crippen molar-refractivity contribution < 1.29 is 19.7 Å². The molecule has 1 rings (SSSR count). The monoisotopic (exact) mass is 190 g/mol. The molecule has 4 heteroatoms. The Labute approximate surface area is 78.5 Å². The van der Waals surface area contributed by atoms with Crippen LogP contribution in [-0.4, -0.2) is 47.3 Å². The summed E-state index contributed by atoms with van der Waals surface area (Å²) in [6, 6.07) is 0. The van der Waals surface area contributed by atoms with Crippen molar-refractivity contribution in [2.45, 2.75) is 44.7 Å². The summed E-state index contributed by atoms with van der Waals surface area (Å²) in [4.78, 5) is 0. The van der Waals surface area contributed by atoms with Gasteiger partial charge in [-0.3, -0.25) is 0 Å². The predicted molar refractivity (Wildman–Crippen MR) is 47.5 cm³/mol. The van der Waals surface area contributed by atoms with Crippen molar-refractivity contribution >= 4 is 0 Å². The molecule has 1 saturated heterocycles. The molecule has 4 nitrogen and oxygen atoms in total. The van der Waals surface area contributed by atoms with Gasteiger partial charge in [-0.1, -0.05) is 0 Å². The fraction of sp³-hybridized carbons (Fsp3) is 1.00. The van der Waals surface area contributed by atoms with Crippen molar-refractivity contribution in [3.63, 3.8) is 0 Å². The molecule has 4 atom stereocenters. The minimum Gasteiger partial charge on any atom is -0.393 e. The maximum absolute atomic E-state index is 9.80. The van der Waals surface area contributed by atoms with E-state index < -0.39 is 11.7 Å². The largest absolute Gasteiger partial charge is 0.393 e. The summed E-state index contributed by atoms with van der Waals surface area (Å²) in [5.41, 5.74) is -0.876.